The monoisotopic (exact) mass is 290 g/mol. The highest BCUT2D eigenvalue weighted by Gasteiger charge is 2.14. The normalized spacial score (nSPS) is 18.7. The third-order valence-corrected chi connectivity index (χ3v) is 4.05. The van der Waals surface area contributed by atoms with Gasteiger partial charge in [0, 0.05) is 17.7 Å². The number of aromatic nitrogens is 2. The molecule has 2 aromatic rings. The van der Waals surface area contributed by atoms with Crippen LogP contribution in [0.4, 0.5) is 11.8 Å². The molecule has 1 aliphatic heterocycles. The van der Waals surface area contributed by atoms with E-state index in [0.29, 0.717) is 12.0 Å². The van der Waals surface area contributed by atoms with E-state index in [2.05, 4.69) is 32.0 Å². The quantitative estimate of drug-likeness (QED) is 0.886. The predicted molar refractivity (Wildman–Crippen MR) is 81.1 cm³/mol. The fourth-order valence-electron chi connectivity index (χ4n) is 2.17. The van der Waals surface area contributed by atoms with Crippen molar-refractivity contribution >= 4 is 23.1 Å². The molecule has 106 valence electrons. The zero-order valence-corrected chi connectivity index (χ0v) is 12.0. The van der Waals surface area contributed by atoms with E-state index in [4.69, 9.17) is 4.74 Å². The van der Waals surface area contributed by atoms with E-state index in [-0.39, 0.29) is 0 Å². The molecule has 0 amide bonds. The van der Waals surface area contributed by atoms with E-state index in [1.165, 1.54) is 4.88 Å². The van der Waals surface area contributed by atoms with E-state index >= 15 is 0 Å². The molecule has 1 aliphatic rings. The van der Waals surface area contributed by atoms with Crippen molar-refractivity contribution in [3.63, 3.8) is 0 Å². The van der Waals surface area contributed by atoms with Crippen molar-refractivity contribution in [3.8, 4) is 0 Å². The average Bonchev–Trinajstić information content (AvgIpc) is 3.00. The molecule has 20 heavy (non-hydrogen) atoms. The van der Waals surface area contributed by atoms with Gasteiger partial charge in [0.2, 0.25) is 5.95 Å². The summed E-state index contributed by atoms with van der Waals surface area (Å²) in [5, 5.41) is 8.71. The number of nitrogens with zero attached hydrogens (tertiary/aromatic N) is 2. The fourth-order valence-corrected chi connectivity index (χ4v) is 2.81. The van der Waals surface area contributed by atoms with Gasteiger partial charge in [-0.25, -0.2) is 4.98 Å². The molecule has 3 heterocycles. The highest BCUT2D eigenvalue weighted by molar-refractivity contribution is 7.09. The Labute approximate surface area is 122 Å². The van der Waals surface area contributed by atoms with Crippen LogP contribution in [0.1, 0.15) is 17.7 Å². The molecule has 0 aromatic carbocycles. The van der Waals surface area contributed by atoms with Crippen LogP contribution in [-0.4, -0.2) is 29.2 Å². The summed E-state index contributed by atoms with van der Waals surface area (Å²) in [5.41, 5.74) is 0. The summed E-state index contributed by atoms with van der Waals surface area (Å²) < 4.78 is 5.46. The highest BCUT2D eigenvalue weighted by atomic mass is 32.1. The van der Waals surface area contributed by atoms with Crippen molar-refractivity contribution in [3.05, 3.63) is 34.7 Å². The van der Waals surface area contributed by atoms with Crippen LogP contribution in [0.3, 0.4) is 0 Å². The first kappa shape index (κ1) is 13.3. The molecule has 2 aromatic heterocycles. The molecule has 6 heteroatoms. The van der Waals surface area contributed by atoms with Crippen molar-refractivity contribution in [2.75, 3.05) is 23.8 Å². The molecular formula is C14H18N4OS. The first-order chi connectivity index (χ1) is 9.90. The number of rotatable bonds is 5. The van der Waals surface area contributed by atoms with Gasteiger partial charge in [-0.1, -0.05) is 6.07 Å². The summed E-state index contributed by atoms with van der Waals surface area (Å²) in [7, 11) is 0. The molecule has 2 N–H and O–H groups in total. The lowest BCUT2D eigenvalue weighted by Crippen LogP contribution is -2.30. The van der Waals surface area contributed by atoms with Gasteiger partial charge in [-0.15, -0.1) is 11.3 Å². The van der Waals surface area contributed by atoms with Crippen molar-refractivity contribution in [2.24, 2.45) is 0 Å². The average molecular weight is 290 g/mol. The van der Waals surface area contributed by atoms with Gasteiger partial charge < -0.3 is 15.4 Å². The van der Waals surface area contributed by atoms with Gasteiger partial charge >= 0.3 is 0 Å². The summed E-state index contributed by atoms with van der Waals surface area (Å²) in [5.74, 6) is 1.50. The third kappa shape index (κ3) is 3.68. The SMILES string of the molecule is c1csc(CNc2nccc(N[C@H]3CCCOC3)n2)c1. The first-order valence-corrected chi connectivity index (χ1v) is 7.72. The lowest BCUT2D eigenvalue weighted by Gasteiger charge is -2.23. The van der Waals surface area contributed by atoms with Gasteiger partial charge in [-0.05, 0) is 30.4 Å². The highest BCUT2D eigenvalue weighted by Crippen LogP contribution is 2.14. The number of anilines is 2. The molecule has 1 fully saturated rings. The third-order valence-electron chi connectivity index (χ3n) is 3.17. The molecule has 1 saturated heterocycles. The predicted octanol–water partition coefficient (Wildman–Crippen LogP) is 2.74. The summed E-state index contributed by atoms with van der Waals surface area (Å²) in [6.45, 7) is 2.38. The van der Waals surface area contributed by atoms with E-state index in [1.54, 1.807) is 17.5 Å². The van der Waals surface area contributed by atoms with Crippen molar-refractivity contribution in [1.29, 1.82) is 0 Å². The number of hydrogen-bond donors (Lipinski definition) is 2. The van der Waals surface area contributed by atoms with Crippen LogP contribution in [0, 0.1) is 0 Å². The first-order valence-electron chi connectivity index (χ1n) is 6.84. The molecular weight excluding hydrogens is 272 g/mol. The van der Waals surface area contributed by atoms with Gasteiger partial charge in [0.1, 0.15) is 5.82 Å². The van der Waals surface area contributed by atoms with Gasteiger partial charge in [-0.2, -0.15) is 4.98 Å². The zero-order chi connectivity index (χ0) is 13.6. The largest absolute Gasteiger partial charge is 0.379 e. The standard InChI is InChI=1S/C14H18N4OS/c1-3-11(10-19-7-1)17-13-5-6-15-14(18-13)16-9-12-4-2-8-20-12/h2,4-6,8,11H,1,3,7,9-10H2,(H2,15,16,17,18)/t11-/m0/s1. The maximum atomic E-state index is 5.46. The van der Waals surface area contributed by atoms with Crippen LogP contribution in [0.25, 0.3) is 0 Å². The molecule has 1 atom stereocenters. The van der Waals surface area contributed by atoms with Crippen LogP contribution < -0.4 is 10.6 Å². The van der Waals surface area contributed by atoms with Gasteiger partial charge in [-0.3, -0.25) is 0 Å². The van der Waals surface area contributed by atoms with E-state index < -0.39 is 0 Å². The smallest absolute Gasteiger partial charge is 0.224 e. The van der Waals surface area contributed by atoms with Crippen LogP contribution in [0.5, 0.6) is 0 Å². The zero-order valence-electron chi connectivity index (χ0n) is 11.2. The Morgan fingerprint density at radius 1 is 1.40 bits per heavy atom. The Morgan fingerprint density at radius 2 is 2.40 bits per heavy atom. The summed E-state index contributed by atoms with van der Waals surface area (Å²) in [6.07, 6.45) is 4.00. The Bertz CT molecular complexity index is 526. The number of thiophene rings is 1. The molecule has 0 bridgehead atoms. The second-order valence-electron chi connectivity index (χ2n) is 4.76. The fraction of sp³-hybridized carbons (Fsp3) is 0.429. The van der Waals surface area contributed by atoms with Gasteiger partial charge in [0.05, 0.1) is 19.2 Å². The Balaban J connectivity index is 1.57. The van der Waals surface area contributed by atoms with E-state index in [0.717, 1.165) is 38.4 Å². The molecule has 0 saturated carbocycles. The second kappa shape index (κ2) is 6.67. The van der Waals surface area contributed by atoms with Crippen molar-refractivity contribution in [1.82, 2.24) is 9.97 Å². The summed E-state index contributed by atoms with van der Waals surface area (Å²) in [4.78, 5) is 10.00. The Morgan fingerprint density at radius 3 is 3.20 bits per heavy atom. The maximum Gasteiger partial charge on any atom is 0.224 e. The van der Waals surface area contributed by atoms with E-state index in [1.807, 2.05) is 12.1 Å². The van der Waals surface area contributed by atoms with E-state index in [9.17, 15) is 0 Å². The molecule has 0 spiro atoms. The minimum Gasteiger partial charge on any atom is -0.379 e. The summed E-state index contributed by atoms with van der Waals surface area (Å²) in [6, 6.07) is 6.39. The molecule has 0 radical (unpaired) electrons. The van der Waals surface area contributed by atoms with Crippen LogP contribution in [-0.2, 0) is 11.3 Å². The molecule has 5 nitrogen and oxygen atoms in total. The van der Waals surface area contributed by atoms with Gasteiger partial charge in [0.15, 0.2) is 0 Å². The minimum absolute atomic E-state index is 0.351. The minimum atomic E-state index is 0.351. The maximum absolute atomic E-state index is 5.46. The lowest BCUT2D eigenvalue weighted by atomic mass is 10.1. The summed E-state index contributed by atoms with van der Waals surface area (Å²) >= 11 is 1.72. The number of ether oxygens (including phenoxy) is 1. The lowest BCUT2D eigenvalue weighted by molar-refractivity contribution is 0.0875. The molecule has 3 rings (SSSR count). The number of hydrogen-bond acceptors (Lipinski definition) is 6. The molecule has 0 unspecified atom stereocenters. The van der Waals surface area contributed by atoms with Crippen molar-refractivity contribution in [2.45, 2.75) is 25.4 Å². The van der Waals surface area contributed by atoms with Crippen LogP contribution >= 0.6 is 11.3 Å². The van der Waals surface area contributed by atoms with Gasteiger partial charge in [0.25, 0.3) is 0 Å². The Hall–Kier alpha value is -1.66. The van der Waals surface area contributed by atoms with Crippen LogP contribution in [0.15, 0.2) is 29.8 Å². The van der Waals surface area contributed by atoms with Crippen molar-refractivity contribution < 1.29 is 4.74 Å². The van der Waals surface area contributed by atoms with Crippen LogP contribution in [0.2, 0.25) is 0 Å². The molecule has 0 aliphatic carbocycles. The second-order valence-corrected chi connectivity index (χ2v) is 5.79. The number of nitrogens with one attached hydrogen (secondary N) is 2. The topological polar surface area (TPSA) is 59.1 Å². The Kier molecular flexibility index (Phi) is 4.45.